The maximum atomic E-state index is 9.10. The highest BCUT2D eigenvalue weighted by Crippen LogP contribution is 2.25. The highest BCUT2D eigenvalue weighted by molar-refractivity contribution is 9.10. The molecular weight excluding hydrogens is 300 g/mol. The fourth-order valence-electron chi connectivity index (χ4n) is 1.78. The first kappa shape index (κ1) is 12.2. The van der Waals surface area contributed by atoms with E-state index in [2.05, 4.69) is 28.9 Å². The van der Waals surface area contributed by atoms with E-state index in [-0.39, 0.29) is 0 Å². The Morgan fingerprint density at radius 3 is 2.82 bits per heavy atom. The third-order valence-electron chi connectivity index (χ3n) is 2.59. The minimum Gasteiger partial charge on any atom is -0.307 e. The zero-order chi connectivity index (χ0) is 12.4. The van der Waals surface area contributed by atoms with Crippen molar-refractivity contribution in [3.63, 3.8) is 0 Å². The van der Waals surface area contributed by atoms with Crippen molar-refractivity contribution >= 4 is 27.5 Å². The standard InChI is InChI=1S/C13H10BrClN2/c1-2-9-3-4-11(15)6-13(9)17-8-10(14)5-12(17)7-16/h3-6,8H,2H2,1H3. The topological polar surface area (TPSA) is 28.7 Å². The average Bonchev–Trinajstić information content (AvgIpc) is 2.70. The molecular formula is C13H10BrClN2. The number of aryl methyl sites for hydroxylation is 1. The largest absolute Gasteiger partial charge is 0.307 e. The van der Waals surface area contributed by atoms with Gasteiger partial charge in [0.05, 0.1) is 5.69 Å². The van der Waals surface area contributed by atoms with Crippen LogP contribution < -0.4 is 0 Å². The molecule has 1 heterocycles. The predicted octanol–water partition coefficient (Wildman–Crippen LogP) is 4.33. The molecule has 2 rings (SSSR count). The number of nitriles is 1. The van der Waals surface area contributed by atoms with Crippen molar-refractivity contribution in [1.82, 2.24) is 4.57 Å². The molecule has 4 heteroatoms. The minimum atomic E-state index is 0.592. The molecule has 1 aromatic heterocycles. The summed E-state index contributed by atoms with van der Waals surface area (Å²) >= 11 is 9.40. The lowest BCUT2D eigenvalue weighted by Gasteiger charge is -2.10. The molecule has 0 aliphatic carbocycles. The van der Waals surface area contributed by atoms with Crippen molar-refractivity contribution in [2.45, 2.75) is 13.3 Å². The van der Waals surface area contributed by atoms with Crippen LogP contribution in [-0.4, -0.2) is 4.57 Å². The van der Waals surface area contributed by atoms with E-state index >= 15 is 0 Å². The quantitative estimate of drug-likeness (QED) is 0.812. The average molecular weight is 310 g/mol. The Morgan fingerprint density at radius 1 is 1.41 bits per heavy atom. The van der Waals surface area contributed by atoms with Crippen molar-refractivity contribution in [2.24, 2.45) is 0 Å². The zero-order valence-electron chi connectivity index (χ0n) is 9.24. The maximum absolute atomic E-state index is 9.10. The van der Waals surface area contributed by atoms with E-state index < -0.39 is 0 Å². The molecule has 0 amide bonds. The van der Waals surface area contributed by atoms with Crippen LogP contribution in [0.15, 0.2) is 34.9 Å². The second-order valence-corrected chi connectivity index (χ2v) is 5.00. The smallest absolute Gasteiger partial charge is 0.125 e. The van der Waals surface area contributed by atoms with Crippen LogP contribution in [-0.2, 0) is 6.42 Å². The fraction of sp³-hybridized carbons (Fsp3) is 0.154. The molecule has 17 heavy (non-hydrogen) atoms. The van der Waals surface area contributed by atoms with Gasteiger partial charge in [-0.1, -0.05) is 24.6 Å². The molecule has 0 saturated carbocycles. The number of rotatable bonds is 2. The SMILES string of the molecule is CCc1ccc(Cl)cc1-n1cc(Br)cc1C#N. The van der Waals surface area contributed by atoms with Crippen LogP contribution in [0.25, 0.3) is 5.69 Å². The van der Waals surface area contributed by atoms with Gasteiger partial charge in [-0.25, -0.2) is 0 Å². The summed E-state index contributed by atoms with van der Waals surface area (Å²) in [6.07, 6.45) is 2.77. The number of nitrogens with zero attached hydrogens (tertiary/aromatic N) is 2. The van der Waals surface area contributed by atoms with Crippen molar-refractivity contribution in [1.29, 1.82) is 5.26 Å². The van der Waals surface area contributed by atoms with Crippen LogP contribution in [0.3, 0.4) is 0 Å². The van der Waals surface area contributed by atoms with Gasteiger partial charge in [0.2, 0.25) is 0 Å². The number of halogens is 2. The summed E-state index contributed by atoms with van der Waals surface area (Å²) in [7, 11) is 0. The summed E-state index contributed by atoms with van der Waals surface area (Å²) in [4.78, 5) is 0. The summed E-state index contributed by atoms with van der Waals surface area (Å²) in [6.45, 7) is 2.08. The molecule has 0 aliphatic rings. The molecule has 0 radical (unpaired) electrons. The maximum Gasteiger partial charge on any atom is 0.125 e. The van der Waals surface area contributed by atoms with Gasteiger partial charge in [-0.05, 0) is 46.1 Å². The van der Waals surface area contributed by atoms with Gasteiger partial charge in [-0.15, -0.1) is 0 Å². The van der Waals surface area contributed by atoms with E-state index in [1.54, 1.807) is 6.07 Å². The van der Waals surface area contributed by atoms with Crippen LogP contribution in [0.1, 0.15) is 18.2 Å². The minimum absolute atomic E-state index is 0.592. The summed E-state index contributed by atoms with van der Waals surface area (Å²) in [6, 6.07) is 9.71. The van der Waals surface area contributed by atoms with E-state index in [0.717, 1.165) is 22.1 Å². The number of hydrogen-bond acceptors (Lipinski definition) is 1. The highest BCUT2D eigenvalue weighted by Gasteiger charge is 2.09. The second kappa shape index (κ2) is 4.95. The van der Waals surface area contributed by atoms with Gasteiger partial charge >= 0.3 is 0 Å². The normalized spacial score (nSPS) is 10.2. The molecule has 0 fully saturated rings. The van der Waals surface area contributed by atoms with Gasteiger partial charge in [0.1, 0.15) is 11.8 Å². The van der Waals surface area contributed by atoms with E-state index in [1.165, 1.54) is 0 Å². The van der Waals surface area contributed by atoms with E-state index in [9.17, 15) is 0 Å². The third-order valence-corrected chi connectivity index (χ3v) is 3.26. The van der Waals surface area contributed by atoms with Gasteiger partial charge in [-0.2, -0.15) is 5.26 Å². The second-order valence-electron chi connectivity index (χ2n) is 3.65. The molecule has 0 spiro atoms. The molecule has 0 saturated heterocycles. The number of aromatic nitrogens is 1. The Hall–Kier alpha value is -1.24. The first-order valence-electron chi connectivity index (χ1n) is 5.22. The molecule has 0 unspecified atom stereocenters. The first-order chi connectivity index (χ1) is 8.15. The molecule has 86 valence electrons. The molecule has 0 N–H and O–H groups in total. The monoisotopic (exact) mass is 308 g/mol. The summed E-state index contributed by atoms with van der Waals surface area (Å²) in [5.74, 6) is 0. The molecule has 2 aromatic rings. The Labute approximate surface area is 114 Å². The van der Waals surface area contributed by atoms with Gasteiger partial charge in [-0.3, -0.25) is 0 Å². The van der Waals surface area contributed by atoms with E-state index in [1.807, 2.05) is 29.0 Å². The fourth-order valence-corrected chi connectivity index (χ4v) is 2.36. The Balaban J connectivity index is 2.67. The lowest BCUT2D eigenvalue weighted by molar-refractivity contribution is 0.999. The predicted molar refractivity (Wildman–Crippen MR) is 72.6 cm³/mol. The molecule has 0 bridgehead atoms. The van der Waals surface area contributed by atoms with Gasteiger partial charge in [0, 0.05) is 15.7 Å². The van der Waals surface area contributed by atoms with Crippen molar-refractivity contribution in [3.05, 3.63) is 51.2 Å². The summed E-state index contributed by atoms with van der Waals surface area (Å²) < 4.78 is 2.74. The zero-order valence-corrected chi connectivity index (χ0v) is 11.6. The van der Waals surface area contributed by atoms with Crippen LogP contribution >= 0.6 is 27.5 Å². The van der Waals surface area contributed by atoms with Crippen LogP contribution in [0.2, 0.25) is 5.02 Å². The van der Waals surface area contributed by atoms with E-state index in [0.29, 0.717) is 10.7 Å². The van der Waals surface area contributed by atoms with Crippen molar-refractivity contribution < 1.29 is 0 Å². The number of hydrogen-bond donors (Lipinski definition) is 0. The van der Waals surface area contributed by atoms with Crippen LogP contribution in [0.5, 0.6) is 0 Å². The number of benzene rings is 1. The van der Waals surface area contributed by atoms with Crippen molar-refractivity contribution in [2.75, 3.05) is 0 Å². The lowest BCUT2D eigenvalue weighted by Crippen LogP contribution is -1.99. The Kier molecular flexibility index (Phi) is 3.56. The van der Waals surface area contributed by atoms with Crippen LogP contribution in [0.4, 0.5) is 0 Å². The van der Waals surface area contributed by atoms with E-state index in [4.69, 9.17) is 16.9 Å². The summed E-state index contributed by atoms with van der Waals surface area (Å²) in [5, 5.41) is 9.77. The molecule has 0 aliphatic heterocycles. The first-order valence-corrected chi connectivity index (χ1v) is 6.39. The van der Waals surface area contributed by atoms with Gasteiger partial charge in [0.15, 0.2) is 0 Å². The molecule has 0 atom stereocenters. The summed E-state index contributed by atoms with van der Waals surface area (Å²) in [5.41, 5.74) is 2.71. The van der Waals surface area contributed by atoms with Gasteiger partial charge in [0.25, 0.3) is 0 Å². The Bertz CT molecular complexity index is 596. The van der Waals surface area contributed by atoms with Gasteiger partial charge < -0.3 is 4.57 Å². The lowest BCUT2D eigenvalue weighted by atomic mass is 10.1. The van der Waals surface area contributed by atoms with Crippen LogP contribution in [0, 0.1) is 11.3 Å². The Morgan fingerprint density at radius 2 is 2.18 bits per heavy atom. The molecule has 2 nitrogen and oxygen atoms in total. The highest BCUT2D eigenvalue weighted by atomic mass is 79.9. The molecule has 1 aromatic carbocycles. The third kappa shape index (κ3) is 2.38. The van der Waals surface area contributed by atoms with Crippen molar-refractivity contribution in [3.8, 4) is 11.8 Å².